The molecule has 3 aromatic rings. The molecule has 0 unspecified atom stereocenters. The Labute approximate surface area is 154 Å². The monoisotopic (exact) mass is 376 g/mol. The van der Waals surface area contributed by atoms with Gasteiger partial charge in [0.25, 0.3) is 5.91 Å². The van der Waals surface area contributed by atoms with Crippen LogP contribution in [0.2, 0.25) is 5.15 Å². The van der Waals surface area contributed by atoms with Gasteiger partial charge < -0.3 is 9.64 Å². The second kappa shape index (κ2) is 7.66. The van der Waals surface area contributed by atoms with Crippen LogP contribution in [0, 0.1) is 0 Å². The summed E-state index contributed by atoms with van der Waals surface area (Å²) >= 11 is 5.86. The molecule has 0 aliphatic carbocycles. The molecular weight excluding hydrogens is 362 g/mol. The van der Waals surface area contributed by atoms with E-state index in [0.717, 1.165) is 10.9 Å². The van der Waals surface area contributed by atoms with Gasteiger partial charge >= 0.3 is 6.61 Å². The number of fused-ring (bicyclic) bond motifs is 1. The van der Waals surface area contributed by atoms with E-state index < -0.39 is 6.61 Å². The molecule has 7 heteroatoms. The molecule has 0 N–H and O–H groups in total. The van der Waals surface area contributed by atoms with Crippen molar-refractivity contribution < 1.29 is 18.3 Å². The molecule has 1 amide bonds. The first kappa shape index (κ1) is 18.1. The van der Waals surface area contributed by atoms with Crippen molar-refractivity contribution in [3.63, 3.8) is 0 Å². The number of ether oxygens (including phenoxy) is 1. The third-order valence-corrected chi connectivity index (χ3v) is 4.03. The van der Waals surface area contributed by atoms with E-state index >= 15 is 0 Å². The van der Waals surface area contributed by atoms with Gasteiger partial charge in [-0.3, -0.25) is 4.79 Å². The highest BCUT2D eigenvalue weighted by Gasteiger charge is 2.13. The van der Waals surface area contributed by atoms with Gasteiger partial charge in [0.1, 0.15) is 10.9 Å². The Bertz CT molecular complexity index is 932. The highest BCUT2D eigenvalue weighted by Crippen LogP contribution is 2.19. The van der Waals surface area contributed by atoms with Gasteiger partial charge in [0.05, 0.1) is 5.52 Å². The number of alkyl halides is 2. The van der Waals surface area contributed by atoms with Crippen LogP contribution in [0.15, 0.2) is 54.6 Å². The smallest absolute Gasteiger partial charge is 0.387 e. The zero-order chi connectivity index (χ0) is 18.7. The van der Waals surface area contributed by atoms with Gasteiger partial charge in [-0.25, -0.2) is 4.98 Å². The van der Waals surface area contributed by atoms with Crippen LogP contribution in [0.3, 0.4) is 0 Å². The molecule has 0 aliphatic rings. The molecule has 0 radical (unpaired) electrons. The van der Waals surface area contributed by atoms with Crippen LogP contribution in [0.4, 0.5) is 8.78 Å². The lowest BCUT2D eigenvalue weighted by Gasteiger charge is -2.18. The number of benzene rings is 2. The molecule has 3 rings (SSSR count). The van der Waals surface area contributed by atoms with E-state index in [-0.39, 0.29) is 11.7 Å². The maximum Gasteiger partial charge on any atom is 0.387 e. The molecule has 134 valence electrons. The molecule has 0 saturated heterocycles. The van der Waals surface area contributed by atoms with E-state index in [0.29, 0.717) is 22.8 Å². The summed E-state index contributed by atoms with van der Waals surface area (Å²) in [5, 5.41) is 1.22. The highest BCUT2D eigenvalue weighted by molar-refractivity contribution is 6.29. The Hall–Kier alpha value is -2.73. The summed E-state index contributed by atoms with van der Waals surface area (Å²) in [7, 11) is 1.68. The fourth-order valence-electron chi connectivity index (χ4n) is 2.58. The summed E-state index contributed by atoms with van der Waals surface area (Å²) < 4.78 is 28.7. The van der Waals surface area contributed by atoms with E-state index in [2.05, 4.69) is 9.72 Å². The fraction of sp³-hybridized carbons (Fsp3) is 0.158. The predicted octanol–water partition coefficient (Wildman–Crippen LogP) is 4.76. The standard InChI is InChI=1S/C19H15ClF2N2O2/c1-24(11-12-2-6-15(7-3-12)26-19(21)22)18(25)14-4-8-16-13(10-14)5-9-17(20)23-16/h2-10,19H,11H2,1H3. The van der Waals surface area contributed by atoms with Crippen molar-refractivity contribution in [2.75, 3.05) is 7.05 Å². The second-order valence-corrected chi connectivity index (χ2v) is 6.11. The third kappa shape index (κ3) is 4.26. The van der Waals surface area contributed by atoms with Crippen LogP contribution in [-0.2, 0) is 6.54 Å². The third-order valence-electron chi connectivity index (χ3n) is 3.82. The number of amides is 1. The molecule has 2 aromatic carbocycles. The summed E-state index contributed by atoms with van der Waals surface area (Å²) in [6.45, 7) is -2.52. The normalized spacial score (nSPS) is 11.0. The van der Waals surface area contributed by atoms with Gasteiger partial charge in [-0.2, -0.15) is 8.78 Å². The summed E-state index contributed by atoms with van der Waals surface area (Å²) in [6, 6.07) is 14.9. The Morgan fingerprint density at radius 1 is 1.15 bits per heavy atom. The van der Waals surface area contributed by atoms with Crippen molar-refractivity contribution in [2.45, 2.75) is 13.2 Å². The largest absolute Gasteiger partial charge is 0.435 e. The van der Waals surface area contributed by atoms with Crippen molar-refractivity contribution in [1.29, 1.82) is 0 Å². The molecule has 0 atom stereocenters. The minimum Gasteiger partial charge on any atom is -0.435 e. The van der Waals surface area contributed by atoms with Crippen LogP contribution in [-0.4, -0.2) is 29.5 Å². The van der Waals surface area contributed by atoms with Crippen LogP contribution in [0.1, 0.15) is 15.9 Å². The van der Waals surface area contributed by atoms with Crippen LogP contribution >= 0.6 is 11.6 Å². The van der Waals surface area contributed by atoms with E-state index in [1.54, 1.807) is 48.3 Å². The Balaban J connectivity index is 1.72. The number of hydrogen-bond acceptors (Lipinski definition) is 3. The minimum atomic E-state index is -2.86. The summed E-state index contributed by atoms with van der Waals surface area (Å²) in [5.74, 6) is -0.0758. The number of hydrogen-bond donors (Lipinski definition) is 0. The second-order valence-electron chi connectivity index (χ2n) is 5.73. The van der Waals surface area contributed by atoms with Crippen molar-refractivity contribution in [3.05, 3.63) is 70.9 Å². The van der Waals surface area contributed by atoms with E-state index in [1.165, 1.54) is 12.1 Å². The van der Waals surface area contributed by atoms with E-state index in [9.17, 15) is 13.6 Å². The Morgan fingerprint density at radius 3 is 2.58 bits per heavy atom. The van der Waals surface area contributed by atoms with Crippen molar-refractivity contribution in [1.82, 2.24) is 9.88 Å². The number of halogens is 3. The number of rotatable bonds is 5. The number of pyridine rings is 1. The lowest BCUT2D eigenvalue weighted by Crippen LogP contribution is -2.26. The van der Waals surface area contributed by atoms with E-state index in [4.69, 9.17) is 11.6 Å². The summed E-state index contributed by atoms with van der Waals surface area (Å²) in [4.78, 5) is 18.4. The van der Waals surface area contributed by atoms with Gasteiger partial charge in [0.2, 0.25) is 0 Å². The Morgan fingerprint density at radius 2 is 1.88 bits per heavy atom. The molecule has 1 heterocycles. The zero-order valence-corrected chi connectivity index (χ0v) is 14.6. The van der Waals surface area contributed by atoms with Gasteiger partial charge in [0.15, 0.2) is 0 Å². The van der Waals surface area contributed by atoms with Gasteiger partial charge in [0, 0.05) is 24.5 Å². The first-order chi connectivity index (χ1) is 12.4. The maximum atomic E-state index is 12.6. The number of aromatic nitrogens is 1. The van der Waals surface area contributed by atoms with Crippen molar-refractivity contribution >= 4 is 28.4 Å². The van der Waals surface area contributed by atoms with Crippen LogP contribution in [0.5, 0.6) is 5.75 Å². The van der Waals surface area contributed by atoms with Crippen molar-refractivity contribution in [2.24, 2.45) is 0 Å². The zero-order valence-electron chi connectivity index (χ0n) is 13.8. The quantitative estimate of drug-likeness (QED) is 0.603. The topological polar surface area (TPSA) is 42.4 Å². The van der Waals surface area contributed by atoms with Gasteiger partial charge in [-0.1, -0.05) is 23.7 Å². The summed E-state index contributed by atoms with van der Waals surface area (Å²) in [6.07, 6.45) is 0. The molecule has 1 aromatic heterocycles. The molecule has 0 fully saturated rings. The average molecular weight is 377 g/mol. The molecule has 0 bridgehead atoms. The van der Waals surface area contributed by atoms with E-state index in [1.807, 2.05) is 6.07 Å². The molecule has 0 spiro atoms. The SMILES string of the molecule is CN(Cc1ccc(OC(F)F)cc1)C(=O)c1ccc2nc(Cl)ccc2c1. The van der Waals surface area contributed by atoms with Crippen molar-refractivity contribution in [3.8, 4) is 5.75 Å². The minimum absolute atomic E-state index is 0.0819. The Kier molecular flexibility index (Phi) is 5.32. The molecule has 0 saturated carbocycles. The first-order valence-corrected chi connectivity index (χ1v) is 8.16. The van der Waals surface area contributed by atoms with Gasteiger partial charge in [-0.05, 0) is 48.0 Å². The fourth-order valence-corrected chi connectivity index (χ4v) is 2.73. The lowest BCUT2D eigenvalue weighted by molar-refractivity contribution is -0.0498. The van der Waals surface area contributed by atoms with Crippen LogP contribution < -0.4 is 4.74 Å². The average Bonchev–Trinajstić information content (AvgIpc) is 2.61. The first-order valence-electron chi connectivity index (χ1n) is 7.78. The van der Waals surface area contributed by atoms with Gasteiger partial charge in [-0.15, -0.1) is 0 Å². The number of carbonyl (C=O) groups is 1. The lowest BCUT2D eigenvalue weighted by atomic mass is 10.1. The molecule has 0 aliphatic heterocycles. The molecule has 4 nitrogen and oxygen atoms in total. The number of carbonyl (C=O) groups excluding carboxylic acids is 1. The molecule has 26 heavy (non-hydrogen) atoms. The predicted molar refractivity (Wildman–Crippen MR) is 95.6 cm³/mol. The molecular formula is C19H15ClF2N2O2. The number of nitrogens with zero attached hydrogens (tertiary/aromatic N) is 2. The van der Waals surface area contributed by atoms with Crippen LogP contribution in [0.25, 0.3) is 10.9 Å². The maximum absolute atomic E-state index is 12.6. The highest BCUT2D eigenvalue weighted by atomic mass is 35.5. The summed E-state index contributed by atoms with van der Waals surface area (Å²) in [5.41, 5.74) is 2.05.